The van der Waals surface area contributed by atoms with E-state index in [0.29, 0.717) is 0 Å². The third-order valence-corrected chi connectivity index (χ3v) is 1.40. The van der Waals surface area contributed by atoms with Crippen LogP contribution >= 0.6 is 0 Å². The molecule has 12 heavy (non-hydrogen) atoms. The van der Waals surface area contributed by atoms with Crippen molar-refractivity contribution in [1.82, 2.24) is 19.9 Å². The normalized spacial score (nSPS) is 10.7. The van der Waals surface area contributed by atoms with E-state index in [-0.39, 0.29) is 28.6 Å². The Bertz CT molecular complexity index is 482. The molecule has 0 aliphatic rings. The first kappa shape index (κ1) is 6.65. The van der Waals surface area contributed by atoms with E-state index in [9.17, 15) is 4.79 Å². The summed E-state index contributed by atoms with van der Waals surface area (Å²) in [6.45, 7) is 0. The van der Waals surface area contributed by atoms with Crippen molar-refractivity contribution in [2.45, 2.75) is 0 Å². The Morgan fingerprint density at radius 2 is 1.67 bits per heavy atom. The molecule has 0 unspecified atom stereocenters. The molecular weight excluding hydrogens is 163 g/mol. The summed E-state index contributed by atoms with van der Waals surface area (Å²) in [4.78, 5) is 23.5. The number of nitrogens with zero attached hydrogens (tertiary/aromatic N) is 2. The molecule has 7 nitrogen and oxygen atoms in total. The highest BCUT2D eigenvalue weighted by molar-refractivity contribution is 5.72. The lowest BCUT2D eigenvalue weighted by Gasteiger charge is -1.88. The van der Waals surface area contributed by atoms with E-state index in [1.54, 1.807) is 0 Å². The molecule has 62 valence electrons. The molecule has 0 fully saturated rings. The first-order valence-corrected chi connectivity index (χ1v) is 3.18. The third-order valence-electron chi connectivity index (χ3n) is 1.40. The lowest BCUT2D eigenvalue weighted by molar-refractivity contribution is 1.17. The van der Waals surface area contributed by atoms with Gasteiger partial charge in [-0.05, 0) is 0 Å². The average molecular weight is 169 g/mol. The molecule has 0 aromatic carbocycles. The zero-order chi connectivity index (χ0) is 8.72. The minimum absolute atomic E-state index is 0.0269. The molecule has 6 N–H and O–H groups in total. The molecule has 0 aliphatic heterocycles. The number of H-pyrrole nitrogens is 2. The Morgan fingerprint density at radius 1 is 1.08 bits per heavy atom. The minimum atomic E-state index is -0.373. The second-order valence-electron chi connectivity index (χ2n) is 2.27. The topological polar surface area (TPSA) is 126 Å². The summed E-state index contributed by atoms with van der Waals surface area (Å²) in [7, 11) is 0. The van der Waals surface area contributed by atoms with Crippen molar-refractivity contribution >= 4 is 23.1 Å². The van der Waals surface area contributed by atoms with Gasteiger partial charge < -0.3 is 16.5 Å². The summed E-state index contributed by atoms with van der Waals surface area (Å²) < 4.78 is 0. The number of fused-ring (bicyclic) bond motifs is 1. The van der Waals surface area contributed by atoms with Crippen LogP contribution in [-0.2, 0) is 0 Å². The van der Waals surface area contributed by atoms with Crippen LogP contribution in [-0.4, -0.2) is 19.9 Å². The zero-order valence-electron chi connectivity index (χ0n) is 5.96. The number of imidazole rings is 1. The second kappa shape index (κ2) is 1.97. The van der Waals surface area contributed by atoms with Gasteiger partial charge in [-0.15, -0.1) is 0 Å². The zero-order valence-corrected chi connectivity index (χ0v) is 5.96. The lowest BCUT2D eigenvalue weighted by Crippen LogP contribution is -2.10. The van der Waals surface area contributed by atoms with Crippen molar-refractivity contribution in [1.29, 1.82) is 0 Å². The molecule has 0 atom stereocenters. The minimum Gasteiger partial charge on any atom is -0.369 e. The van der Waals surface area contributed by atoms with E-state index in [1.165, 1.54) is 0 Å². The summed E-state index contributed by atoms with van der Waals surface area (Å²) in [5.41, 5.74) is 10.7. The second-order valence-corrected chi connectivity index (χ2v) is 2.27. The van der Waals surface area contributed by atoms with Crippen molar-refractivity contribution < 1.29 is 0 Å². The number of hydrogen-bond donors (Lipinski definition) is 4. The number of hydrogen-bond acceptors (Lipinski definition) is 5. The highest BCUT2D eigenvalue weighted by atomic mass is 16.1. The van der Waals surface area contributed by atoms with E-state index < -0.39 is 0 Å². The fraction of sp³-hybridized carbons (Fsp3) is 0. The van der Waals surface area contributed by atoms with Crippen molar-refractivity contribution in [3.8, 4) is 0 Å². The van der Waals surface area contributed by atoms with E-state index in [2.05, 4.69) is 19.9 Å². The number of rotatable bonds is 0. The molecule has 0 radical (unpaired) electrons. The molecule has 2 rings (SSSR count). The molecular formula is C5H6N6O. The summed E-state index contributed by atoms with van der Waals surface area (Å²) in [5, 5.41) is 0. The van der Waals surface area contributed by atoms with Crippen LogP contribution in [0.25, 0.3) is 11.2 Å². The first-order chi connectivity index (χ1) is 5.66. The van der Waals surface area contributed by atoms with Gasteiger partial charge in [-0.25, -0.2) is 0 Å². The fourth-order valence-electron chi connectivity index (χ4n) is 0.942. The largest absolute Gasteiger partial charge is 0.369 e. The van der Waals surface area contributed by atoms with E-state index >= 15 is 0 Å². The van der Waals surface area contributed by atoms with E-state index in [1.807, 2.05) is 0 Å². The SMILES string of the molecule is Nc1n[13c]2nc(N)[15nH][13c]2c(=O)[nH]1. The number of nitrogens with two attached hydrogens (primary N) is 2. The number of nitrogen functional groups attached to an aromatic ring is 2. The Balaban J connectivity index is 2.98. The van der Waals surface area contributed by atoms with Gasteiger partial charge in [-0.2, -0.15) is 9.97 Å². The molecule has 2 aromatic rings. The quantitative estimate of drug-likeness (QED) is 0.394. The van der Waals surface area contributed by atoms with Crippen molar-refractivity contribution in [3.05, 3.63) is 10.4 Å². The van der Waals surface area contributed by atoms with Gasteiger partial charge in [0, 0.05) is 0 Å². The Hall–Kier alpha value is -2.05. The monoisotopic (exact) mass is 169 g/mol. The molecule has 7 heteroatoms. The van der Waals surface area contributed by atoms with Gasteiger partial charge in [0.05, 0.1) is 0 Å². The van der Waals surface area contributed by atoms with Crippen LogP contribution in [0.5, 0.6) is 0 Å². The number of anilines is 2. The van der Waals surface area contributed by atoms with Crippen LogP contribution in [0, 0.1) is 0 Å². The molecule has 0 saturated carbocycles. The summed E-state index contributed by atoms with van der Waals surface area (Å²) in [6.07, 6.45) is 0. The third kappa shape index (κ3) is 0.797. The maximum atomic E-state index is 11.1. The van der Waals surface area contributed by atoms with Gasteiger partial charge in [0.25, 0.3) is 5.56 Å². The Labute approximate surface area is 65.8 Å². The Morgan fingerprint density at radius 3 is 2.33 bits per heavy atom. The number of aromatic nitrogens is 4. The van der Waals surface area contributed by atoms with Gasteiger partial charge in [-0.3, -0.25) is 9.78 Å². The molecule has 2 heterocycles. The van der Waals surface area contributed by atoms with Crippen LogP contribution in [0.15, 0.2) is 4.79 Å². The van der Waals surface area contributed by atoms with Gasteiger partial charge in [-0.1, -0.05) is 0 Å². The van der Waals surface area contributed by atoms with Gasteiger partial charge in [0.2, 0.25) is 5.95 Å². The van der Waals surface area contributed by atoms with Crippen LogP contribution < -0.4 is 17.0 Å². The summed E-state index contributed by atoms with van der Waals surface area (Å²) in [5.74, 6) is 0.174. The van der Waals surface area contributed by atoms with Crippen LogP contribution in [0.2, 0.25) is 0 Å². The standard InChI is InChI=1S/C5H6N6O/c6-4-8-1-2(9-4)10-5(7)11-3(1)12/h(H6,6,7,8,9,10,11,12)/i1+1,2+1,8+1. The van der Waals surface area contributed by atoms with Crippen molar-refractivity contribution in [3.63, 3.8) is 0 Å². The van der Waals surface area contributed by atoms with E-state index in [0.717, 1.165) is 0 Å². The van der Waals surface area contributed by atoms with Crippen LogP contribution in [0.4, 0.5) is 11.9 Å². The predicted octanol–water partition coefficient (Wildman–Crippen LogP) is -1.19. The van der Waals surface area contributed by atoms with Crippen molar-refractivity contribution in [2.24, 2.45) is 0 Å². The van der Waals surface area contributed by atoms with Gasteiger partial charge >= 0.3 is 0 Å². The summed E-state index contributed by atoms with van der Waals surface area (Å²) in [6, 6.07) is 0. The van der Waals surface area contributed by atoms with E-state index in [4.69, 9.17) is 11.5 Å². The maximum Gasteiger partial charge on any atom is 0.278 e. The van der Waals surface area contributed by atoms with Crippen LogP contribution in [0.3, 0.4) is 0 Å². The molecule has 0 spiro atoms. The summed E-state index contributed by atoms with van der Waals surface area (Å²) >= 11 is 0. The number of nitrogens with one attached hydrogen (secondary N) is 2. The molecule has 0 aliphatic carbocycles. The number of aromatic amines is 2. The van der Waals surface area contributed by atoms with Gasteiger partial charge in [0.15, 0.2) is 17.1 Å². The Kier molecular flexibility index (Phi) is 1.09. The molecule has 0 amide bonds. The maximum absolute atomic E-state index is 11.1. The smallest absolute Gasteiger partial charge is 0.278 e. The van der Waals surface area contributed by atoms with Crippen molar-refractivity contribution in [2.75, 3.05) is 11.5 Å². The molecule has 0 bridgehead atoms. The average Bonchev–Trinajstić information content (AvgIpc) is 2.29. The highest BCUT2D eigenvalue weighted by Crippen LogP contribution is 2.04. The lowest BCUT2D eigenvalue weighted by atomic mass is 10.9. The molecule has 2 aromatic heterocycles. The molecule has 0 saturated heterocycles. The fourth-order valence-corrected chi connectivity index (χ4v) is 0.942. The van der Waals surface area contributed by atoms with Crippen LogP contribution in [0.1, 0.15) is 0 Å². The first-order valence-electron chi connectivity index (χ1n) is 3.18. The van der Waals surface area contributed by atoms with Gasteiger partial charge in [0.1, 0.15) is 0 Å². The highest BCUT2D eigenvalue weighted by Gasteiger charge is 2.05. The predicted molar refractivity (Wildman–Crippen MR) is 43.3 cm³/mol.